The SMILES string of the molecule is CCOC(=O)CSc1nnc2n(Cc3ccc(F)cc3)c3c(=O)n(C)c(=O)n(C)c3n12. The molecule has 0 bridgehead atoms. The fourth-order valence-corrected chi connectivity index (χ4v) is 4.10. The third-order valence-corrected chi connectivity index (χ3v) is 5.73. The fraction of sp³-hybridized carbons (Fsp3) is 0.316. The molecule has 1 aromatic carbocycles. The second kappa shape index (κ2) is 8.02. The van der Waals surface area contributed by atoms with Gasteiger partial charge in [-0.25, -0.2) is 13.6 Å². The van der Waals surface area contributed by atoms with E-state index in [2.05, 4.69) is 10.2 Å². The maximum Gasteiger partial charge on any atom is 0.332 e. The van der Waals surface area contributed by atoms with Gasteiger partial charge in [-0.2, -0.15) is 0 Å². The van der Waals surface area contributed by atoms with E-state index in [1.807, 2.05) is 0 Å². The van der Waals surface area contributed by atoms with Gasteiger partial charge in [0, 0.05) is 14.1 Å². The van der Waals surface area contributed by atoms with E-state index < -0.39 is 17.2 Å². The molecule has 0 aliphatic carbocycles. The van der Waals surface area contributed by atoms with E-state index in [9.17, 15) is 18.8 Å². The number of carbonyl (C=O) groups is 1. The average Bonchev–Trinajstić information content (AvgIpc) is 3.30. The highest BCUT2D eigenvalue weighted by Gasteiger charge is 2.24. The van der Waals surface area contributed by atoms with Gasteiger partial charge in [-0.05, 0) is 24.6 Å². The van der Waals surface area contributed by atoms with Crippen molar-refractivity contribution < 1.29 is 13.9 Å². The number of fused-ring (bicyclic) bond motifs is 3. The van der Waals surface area contributed by atoms with Crippen LogP contribution in [0.15, 0.2) is 39.0 Å². The summed E-state index contributed by atoms with van der Waals surface area (Å²) in [5, 5.41) is 8.68. The van der Waals surface area contributed by atoms with Gasteiger partial charge in [-0.15, -0.1) is 10.2 Å². The van der Waals surface area contributed by atoms with E-state index in [0.29, 0.717) is 16.6 Å². The summed E-state index contributed by atoms with van der Waals surface area (Å²) >= 11 is 1.09. The molecule has 0 N–H and O–H groups in total. The number of benzene rings is 1. The normalized spacial score (nSPS) is 11.5. The minimum Gasteiger partial charge on any atom is -0.465 e. The zero-order valence-electron chi connectivity index (χ0n) is 17.0. The third-order valence-electron chi connectivity index (χ3n) is 4.83. The topological polar surface area (TPSA) is 105 Å². The first-order valence-electron chi connectivity index (χ1n) is 9.39. The summed E-state index contributed by atoms with van der Waals surface area (Å²) in [4.78, 5) is 37.4. The van der Waals surface area contributed by atoms with Gasteiger partial charge in [0.2, 0.25) is 5.78 Å². The van der Waals surface area contributed by atoms with Gasteiger partial charge in [0.05, 0.1) is 18.9 Å². The molecule has 3 aromatic heterocycles. The number of ether oxygens (including phenoxy) is 1. The van der Waals surface area contributed by atoms with E-state index in [0.717, 1.165) is 21.9 Å². The van der Waals surface area contributed by atoms with E-state index in [1.165, 1.54) is 23.7 Å². The Morgan fingerprint density at radius 3 is 2.52 bits per heavy atom. The molecule has 0 spiro atoms. The summed E-state index contributed by atoms with van der Waals surface area (Å²) in [6.45, 7) is 2.18. The second-order valence-corrected chi connectivity index (χ2v) is 7.74. The van der Waals surface area contributed by atoms with Crippen molar-refractivity contribution in [3.63, 3.8) is 0 Å². The minimum atomic E-state index is -0.506. The van der Waals surface area contributed by atoms with Crippen LogP contribution in [0, 0.1) is 5.82 Å². The third kappa shape index (κ3) is 3.52. The van der Waals surface area contributed by atoms with E-state index in [1.54, 1.807) is 35.1 Å². The summed E-state index contributed by atoms with van der Waals surface area (Å²) in [5.74, 6) is -0.462. The number of aryl methyl sites for hydroxylation is 1. The number of thioether (sulfide) groups is 1. The van der Waals surface area contributed by atoms with Crippen LogP contribution in [0.2, 0.25) is 0 Å². The highest BCUT2D eigenvalue weighted by Crippen LogP contribution is 2.24. The predicted molar refractivity (Wildman–Crippen MR) is 112 cm³/mol. The van der Waals surface area contributed by atoms with Crippen molar-refractivity contribution in [3.8, 4) is 0 Å². The summed E-state index contributed by atoms with van der Waals surface area (Å²) in [7, 11) is 2.95. The van der Waals surface area contributed by atoms with Crippen LogP contribution in [-0.2, 0) is 30.2 Å². The van der Waals surface area contributed by atoms with Gasteiger partial charge in [0.25, 0.3) is 5.56 Å². The van der Waals surface area contributed by atoms with Crippen molar-refractivity contribution in [3.05, 3.63) is 56.5 Å². The molecule has 10 nitrogen and oxygen atoms in total. The van der Waals surface area contributed by atoms with Crippen LogP contribution >= 0.6 is 11.8 Å². The smallest absolute Gasteiger partial charge is 0.332 e. The molecular formula is C19H19FN6O4S. The Hall–Kier alpha value is -3.41. The molecule has 0 unspecified atom stereocenters. The number of halogens is 1. The van der Waals surface area contributed by atoms with Crippen molar-refractivity contribution >= 4 is 34.7 Å². The number of hydrogen-bond donors (Lipinski definition) is 0. The monoisotopic (exact) mass is 446 g/mol. The van der Waals surface area contributed by atoms with Crippen LogP contribution in [0.5, 0.6) is 0 Å². The van der Waals surface area contributed by atoms with Gasteiger partial charge in [-0.1, -0.05) is 23.9 Å². The van der Waals surface area contributed by atoms with E-state index >= 15 is 0 Å². The molecule has 0 saturated heterocycles. The summed E-state index contributed by atoms with van der Waals surface area (Å²) in [6.07, 6.45) is 0. The number of aromatic nitrogens is 6. The van der Waals surface area contributed by atoms with Crippen LogP contribution in [0.4, 0.5) is 4.39 Å². The summed E-state index contributed by atoms with van der Waals surface area (Å²) < 4.78 is 23.8. The zero-order valence-corrected chi connectivity index (χ0v) is 17.8. The standard InChI is InChI=1S/C19H19FN6O4S/c1-4-30-13(27)10-31-18-22-21-17-25(9-11-5-7-12(20)8-6-11)14-15(26(17)18)23(2)19(29)24(3)16(14)28/h5-8H,4,9-10H2,1-3H3. The van der Waals surface area contributed by atoms with Crippen molar-refractivity contribution in [1.29, 1.82) is 0 Å². The number of nitrogens with zero attached hydrogens (tertiary/aromatic N) is 6. The van der Waals surface area contributed by atoms with Crippen LogP contribution in [0.3, 0.4) is 0 Å². The molecule has 0 atom stereocenters. The first-order valence-corrected chi connectivity index (χ1v) is 10.4. The molecule has 4 aromatic rings. The summed E-state index contributed by atoms with van der Waals surface area (Å²) in [6, 6.07) is 5.88. The lowest BCUT2D eigenvalue weighted by Crippen LogP contribution is -2.37. The Labute approximate surface area is 178 Å². The maximum atomic E-state index is 13.3. The molecule has 31 heavy (non-hydrogen) atoms. The molecular weight excluding hydrogens is 427 g/mol. The van der Waals surface area contributed by atoms with Crippen LogP contribution in [0.1, 0.15) is 12.5 Å². The molecule has 0 amide bonds. The van der Waals surface area contributed by atoms with E-state index in [4.69, 9.17) is 4.74 Å². The number of imidazole rings is 1. The second-order valence-electron chi connectivity index (χ2n) is 6.80. The zero-order chi connectivity index (χ0) is 22.3. The lowest BCUT2D eigenvalue weighted by molar-refractivity contribution is -0.139. The molecule has 0 saturated carbocycles. The number of carbonyl (C=O) groups excluding carboxylic acids is 1. The molecule has 0 aliphatic heterocycles. The molecule has 12 heteroatoms. The lowest BCUT2D eigenvalue weighted by Gasteiger charge is -2.07. The molecule has 0 radical (unpaired) electrons. The first-order chi connectivity index (χ1) is 14.8. The number of hydrogen-bond acceptors (Lipinski definition) is 7. The highest BCUT2D eigenvalue weighted by molar-refractivity contribution is 7.99. The van der Waals surface area contributed by atoms with Crippen molar-refractivity contribution in [2.75, 3.05) is 12.4 Å². The van der Waals surface area contributed by atoms with Crippen molar-refractivity contribution in [1.82, 2.24) is 28.3 Å². The van der Waals surface area contributed by atoms with E-state index in [-0.39, 0.29) is 30.2 Å². The van der Waals surface area contributed by atoms with Gasteiger partial charge in [-0.3, -0.25) is 23.3 Å². The van der Waals surface area contributed by atoms with Gasteiger partial charge in [0.15, 0.2) is 16.3 Å². The maximum absolute atomic E-state index is 13.3. The Morgan fingerprint density at radius 1 is 1.13 bits per heavy atom. The van der Waals surface area contributed by atoms with Gasteiger partial charge in [0.1, 0.15) is 5.82 Å². The highest BCUT2D eigenvalue weighted by atomic mass is 32.2. The lowest BCUT2D eigenvalue weighted by atomic mass is 10.2. The van der Waals surface area contributed by atoms with Gasteiger partial charge >= 0.3 is 11.7 Å². The predicted octanol–water partition coefficient (Wildman–Crippen LogP) is 0.924. The Kier molecular flexibility index (Phi) is 5.39. The Balaban J connectivity index is 1.95. The Bertz CT molecular complexity index is 1420. The Morgan fingerprint density at radius 2 is 1.84 bits per heavy atom. The minimum absolute atomic E-state index is 0.00193. The molecule has 4 rings (SSSR count). The van der Waals surface area contributed by atoms with Gasteiger partial charge < -0.3 is 4.74 Å². The summed E-state index contributed by atoms with van der Waals surface area (Å²) in [5.41, 5.74) is 0.291. The molecule has 3 heterocycles. The molecule has 0 fully saturated rings. The average molecular weight is 446 g/mol. The van der Waals surface area contributed by atoms with Crippen molar-refractivity contribution in [2.45, 2.75) is 18.6 Å². The van der Waals surface area contributed by atoms with Crippen LogP contribution < -0.4 is 11.2 Å². The number of rotatable bonds is 6. The number of esters is 1. The van der Waals surface area contributed by atoms with Crippen molar-refractivity contribution in [2.24, 2.45) is 14.1 Å². The molecule has 162 valence electrons. The van der Waals surface area contributed by atoms with Crippen LogP contribution in [-0.4, -0.2) is 46.6 Å². The quantitative estimate of drug-likeness (QED) is 0.320. The first kappa shape index (κ1) is 20.8. The molecule has 0 aliphatic rings. The largest absolute Gasteiger partial charge is 0.465 e. The van der Waals surface area contributed by atoms with Crippen LogP contribution in [0.25, 0.3) is 16.9 Å². The fourth-order valence-electron chi connectivity index (χ4n) is 3.37.